The van der Waals surface area contributed by atoms with E-state index in [1.165, 1.54) is 46.9 Å². The monoisotopic (exact) mass is 1370 g/mol. The average Bonchev–Trinajstić information content (AvgIpc) is 1.58. The highest BCUT2D eigenvalue weighted by Crippen LogP contribution is 2.48. The number of carbonyl (C=O) groups is 3. The van der Waals surface area contributed by atoms with Gasteiger partial charge in [0.15, 0.2) is 17.1 Å². The molecule has 29 heteroatoms. The first-order valence-corrected chi connectivity index (χ1v) is 33.0. The van der Waals surface area contributed by atoms with Crippen molar-refractivity contribution in [3.05, 3.63) is 190 Å². The van der Waals surface area contributed by atoms with Crippen LogP contribution in [0.5, 0.6) is 5.88 Å². The van der Waals surface area contributed by atoms with Crippen molar-refractivity contribution >= 4 is 39.8 Å². The topological polar surface area (TPSA) is 204 Å². The van der Waals surface area contributed by atoms with E-state index in [0.717, 1.165) is 103 Å². The van der Waals surface area contributed by atoms with E-state index >= 15 is 0 Å². The normalized spacial score (nSPS) is 22.3. The van der Waals surface area contributed by atoms with Crippen LogP contribution in [-0.2, 0) is 37.8 Å². The number of amides is 3. The molecule has 98 heavy (non-hydrogen) atoms. The molecule has 9 aromatic rings. The zero-order valence-corrected chi connectivity index (χ0v) is 53.8. The van der Waals surface area contributed by atoms with Crippen LogP contribution < -0.4 is 4.74 Å². The Morgan fingerprint density at radius 1 is 0.541 bits per heavy atom. The van der Waals surface area contributed by atoms with E-state index in [-0.39, 0.29) is 77.5 Å². The number of fused-ring (bicyclic) bond motifs is 7. The third-order valence-corrected chi connectivity index (χ3v) is 20.5. The summed E-state index contributed by atoms with van der Waals surface area (Å²) in [5.41, 5.74) is 2.21. The second-order valence-corrected chi connectivity index (χ2v) is 26.7. The first kappa shape index (κ1) is 67.2. The zero-order valence-electron chi connectivity index (χ0n) is 53.0. The SMILES string of the molecule is CCOc1ncc2ccccc2c1C(=O)N1C2CCC1C(Cc1cnc(C(F)(F)F)cn1)C2.Cc1cccc(C(=O)N2C3CCC2C(Cc2cnc(C(F)(F)F)cn2)C3)c1-n1nccn1.Cc1nc(C(=O)N2C3CCC2C(Cc2cnc(C(F)(F)F)cn2)C3)c(-c2ccc(F)cc2)s1. The summed E-state index contributed by atoms with van der Waals surface area (Å²) >= 11 is 1.40. The van der Waals surface area contributed by atoms with Crippen LogP contribution >= 0.6 is 11.3 Å². The third kappa shape index (κ3) is 13.6. The number of hydrogen-bond acceptors (Lipinski definition) is 15. The number of thiazole rings is 1. The van der Waals surface area contributed by atoms with Gasteiger partial charge in [-0.2, -0.15) is 54.5 Å². The molecular weight excluding hydrogens is 1310 g/mol. The highest BCUT2D eigenvalue weighted by Gasteiger charge is 2.52. The smallest absolute Gasteiger partial charge is 0.434 e. The van der Waals surface area contributed by atoms with Gasteiger partial charge in [0.2, 0.25) is 5.88 Å². The van der Waals surface area contributed by atoms with Crippen LogP contribution in [0.25, 0.3) is 26.9 Å². The van der Waals surface area contributed by atoms with Crippen molar-refractivity contribution in [1.29, 1.82) is 0 Å². The first-order chi connectivity index (χ1) is 46.9. The van der Waals surface area contributed by atoms with E-state index in [1.807, 2.05) is 71.9 Å². The number of rotatable bonds is 13. The van der Waals surface area contributed by atoms with Gasteiger partial charge in [0.25, 0.3) is 17.7 Å². The highest BCUT2D eigenvalue weighted by atomic mass is 32.1. The molecular formula is C69H64F10N14O4S. The molecule has 18 nitrogen and oxygen atoms in total. The van der Waals surface area contributed by atoms with Crippen LogP contribution in [0.1, 0.15) is 141 Å². The predicted octanol–water partition coefficient (Wildman–Crippen LogP) is 13.6. The fourth-order valence-corrected chi connectivity index (χ4v) is 16.3. The Morgan fingerprint density at radius 3 is 1.49 bits per heavy atom. The standard InChI is InChI=1S/C24H23F3N4O2.C23H20F4N4OS.C22H21F3N6O/c1-2-33-22-21(18-6-4-3-5-14(18)11-30-22)23(32)31-17-7-8-19(31)15(10-17)9-16-12-29-20(13-28-16)24(25,26)27;1-12-30-20(21(33-12)13-2-4-15(24)5-3-13)22(32)31-17-6-7-18(31)14(9-17)8-16-10-29-19(11-28-16)23(25,26)27;1-13-3-2-4-17(20(13)31-28-7-8-29-31)21(32)30-16-5-6-18(30)14(10-16)9-15-11-27-19(12-26-15)22(23,24)25/h3-6,11-13,15,17,19H,2,7-10H2,1H3;2-5,10-11,14,17-18H,6-9H2,1H3;2-4,7-8,11-12,14,16,18H,5-6,9-10H2,1H3. The summed E-state index contributed by atoms with van der Waals surface area (Å²) in [4.78, 5) is 80.4. The summed E-state index contributed by atoms with van der Waals surface area (Å²) in [6.07, 6.45) is 6.33. The lowest BCUT2D eigenvalue weighted by atomic mass is 9.86. The zero-order chi connectivity index (χ0) is 68.9. The minimum atomic E-state index is -4.52. The van der Waals surface area contributed by atoms with E-state index in [2.05, 4.69) is 50.1 Å². The molecule has 6 aliphatic heterocycles. The Labute approximate surface area is 559 Å². The number of ether oxygens (including phenoxy) is 1. The molecule has 3 aromatic carbocycles. The maximum Gasteiger partial charge on any atom is 0.434 e. The number of benzene rings is 3. The molecule has 6 aromatic heterocycles. The Bertz CT molecular complexity index is 4370. The van der Waals surface area contributed by atoms with Gasteiger partial charge in [-0.25, -0.2) is 29.3 Å². The molecule has 6 aliphatic rings. The molecule has 0 aliphatic carbocycles. The number of pyridine rings is 1. The van der Waals surface area contributed by atoms with Crippen molar-refractivity contribution in [2.75, 3.05) is 6.61 Å². The lowest BCUT2D eigenvalue weighted by molar-refractivity contribution is -0.142. The van der Waals surface area contributed by atoms with Crippen molar-refractivity contribution in [3.63, 3.8) is 0 Å². The van der Waals surface area contributed by atoms with Crippen molar-refractivity contribution < 1.29 is 63.0 Å². The molecule has 9 atom stereocenters. The van der Waals surface area contributed by atoms with Gasteiger partial charge in [-0.15, -0.1) is 11.3 Å². The number of aromatic nitrogens is 11. The quantitative estimate of drug-likeness (QED) is 0.0986. The van der Waals surface area contributed by atoms with Crippen molar-refractivity contribution in [2.24, 2.45) is 17.8 Å². The number of nitrogens with zero attached hydrogens (tertiary/aromatic N) is 14. The molecule has 6 saturated heterocycles. The van der Waals surface area contributed by atoms with Gasteiger partial charge in [-0.3, -0.25) is 29.3 Å². The molecule has 12 heterocycles. The number of para-hydroxylation sites is 1. The van der Waals surface area contributed by atoms with E-state index in [1.54, 1.807) is 36.8 Å². The van der Waals surface area contributed by atoms with E-state index in [9.17, 15) is 58.3 Å². The maximum atomic E-state index is 13.8. The number of aryl methyl sites for hydroxylation is 2. The summed E-state index contributed by atoms with van der Waals surface area (Å²) in [6.45, 7) is 6.00. The van der Waals surface area contributed by atoms with E-state index in [0.29, 0.717) is 76.2 Å². The van der Waals surface area contributed by atoms with Gasteiger partial charge in [-0.05, 0) is 145 Å². The van der Waals surface area contributed by atoms with Crippen LogP contribution in [0.4, 0.5) is 43.9 Å². The summed E-state index contributed by atoms with van der Waals surface area (Å²) in [5, 5.41) is 10.8. The Hall–Kier alpha value is -9.41. The van der Waals surface area contributed by atoms with Crippen LogP contribution in [0, 0.1) is 37.4 Å². The summed E-state index contributed by atoms with van der Waals surface area (Å²) < 4.78 is 134. The van der Waals surface area contributed by atoms with Gasteiger partial charge in [0.1, 0.15) is 22.8 Å². The minimum Gasteiger partial charge on any atom is -0.477 e. The molecule has 6 bridgehead atoms. The number of carbonyl (C=O) groups excluding carboxylic acids is 3. The summed E-state index contributed by atoms with van der Waals surface area (Å²) in [6, 6.07) is 19.4. The van der Waals surface area contributed by atoms with Gasteiger partial charge >= 0.3 is 18.5 Å². The highest BCUT2D eigenvalue weighted by molar-refractivity contribution is 7.15. The van der Waals surface area contributed by atoms with Gasteiger partial charge < -0.3 is 19.4 Å². The maximum absolute atomic E-state index is 13.8. The molecule has 9 unspecified atom stereocenters. The molecule has 0 spiro atoms. The fraction of sp³-hybridized carbons (Fsp3) is 0.406. The van der Waals surface area contributed by atoms with Gasteiger partial charge in [-0.1, -0.05) is 48.5 Å². The van der Waals surface area contributed by atoms with Crippen molar-refractivity contribution in [2.45, 2.75) is 153 Å². The summed E-state index contributed by atoms with van der Waals surface area (Å²) in [5.74, 6) is 0.0417. The molecule has 0 radical (unpaired) electrons. The van der Waals surface area contributed by atoms with Crippen LogP contribution in [0.3, 0.4) is 0 Å². The second-order valence-electron chi connectivity index (χ2n) is 25.5. The number of alkyl halides is 9. The second kappa shape index (κ2) is 27.1. The lowest BCUT2D eigenvalue weighted by Gasteiger charge is -2.25. The molecule has 510 valence electrons. The Kier molecular flexibility index (Phi) is 18.6. The predicted molar refractivity (Wildman–Crippen MR) is 337 cm³/mol. The van der Waals surface area contributed by atoms with Crippen molar-refractivity contribution in [3.8, 4) is 22.0 Å². The largest absolute Gasteiger partial charge is 0.477 e. The van der Waals surface area contributed by atoms with Crippen molar-refractivity contribution in [1.82, 2.24) is 69.6 Å². The van der Waals surface area contributed by atoms with E-state index < -0.39 is 35.6 Å². The van der Waals surface area contributed by atoms with Crippen LogP contribution in [0.15, 0.2) is 123 Å². The Balaban J connectivity index is 0.000000132. The number of halogens is 10. The fourth-order valence-electron chi connectivity index (χ4n) is 15.4. The van der Waals surface area contributed by atoms with E-state index in [4.69, 9.17) is 4.74 Å². The molecule has 0 saturated carbocycles. The number of hydrogen-bond donors (Lipinski definition) is 0. The van der Waals surface area contributed by atoms with Crippen LogP contribution in [0.2, 0.25) is 0 Å². The lowest BCUT2D eigenvalue weighted by Crippen LogP contribution is -2.37. The molecule has 6 fully saturated rings. The third-order valence-electron chi connectivity index (χ3n) is 19.5. The molecule has 15 rings (SSSR count). The van der Waals surface area contributed by atoms with Gasteiger partial charge in [0.05, 0.1) is 70.1 Å². The first-order valence-electron chi connectivity index (χ1n) is 32.2. The summed E-state index contributed by atoms with van der Waals surface area (Å²) in [7, 11) is 0. The average molecular weight is 1380 g/mol. The minimum absolute atomic E-state index is 0.0000348. The Morgan fingerprint density at radius 2 is 1.02 bits per heavy atom. The molecule has 0 N–H and O–H groups in total. The van der Waals surface area contributed by atoms with Gasteiger partial charge in [0, 0.05) is 71.8 Å². The molecule has 3 amide bonds. The van der Waals surface area contributed by atoms with Crippen LogP contribution in [-0.4, -0.2) is 130 Å².